The molecule has 0 spiro atoms. The lowest BCUT2D eigenvalue weighted by molar-refractivity contribution is -0.137. The van der Waals surface area contributed by atoms with Gasteiger partial charge in [0.15, 0.2) is 0 Å². The summed E-state index contributed by atoms with van der Waals surface area (Å²) in [6.07, 6.45) is 0.930. The third kappa shape index (κ3) is 3.78. The highest BCUT2D eigenvalue weighted by Crippen LogP contribution is 2.29. The van der Waals surface area contributed by atoms with Crippen LogP contribution in [0.1, 0.15) is 25.3 Å². The van der Waals surface area contributed by atoms with Crippen molar-refractivity contribution in [3.63, 3.8) is 0 Å². The summed E-state index contributed by atoms with van der Waals surface area (Å²) in [7, 11) is 0. The van der Waals surface area contributed by atoms with Crippen molar-refractivity contribution in [2.75, 3.05) is 26.2 Å². The second kappa shape index (κ2) is 6.17. The van der Waals surface area contributed by atoms with Gasteiger partial charge in [-0.2, -0.15) is 0 Å². The number of carboxylic acid groups (broad SMARTS) is 1. The number of aliphatic carboxylic acids is 1. The number of hydrogen-bond donors (Lipinski definition) is 1. The normalized spacial score (nSPS) is 24.3. The number of carboxylic acids is 1. The average Bonchev–Trinajstić information content (AvgIpc) is 2.39. The molecule has 1 unspecified atom stereocenters. The Balaban J connectivity index is 1.94. The monoisotopic (exact) mass is 263 g/mol. The Bertz CT molecular complexity index is 421. The molecule has 1 heterocycles. The highest BCUT2D eigenvalue weighted by atomic mass is 16.5. The largest absolute Gasteiger partial charge is 0.481 e. The zero-order valence-electron chi connectivity index (χ0n) is 11.3. The maximum atomic E-state index is 10.5. The van der Waals surface area contributed by atoms with E-state index in [0.29, 0.717) is 13.0 Å². The second-order valence-corrected chi connectivity index (χ2v) is 5.22. The number of ether oxygens (including phenoxy) is 1. The van der Waals surface area contributed by atoms with Gasteiger partial charge in [0.05, 0.1) is 6.61 Å². The number of rotatable bonds is 5. The summed E-state index contributed by atoms with van der Waals surface area (Å²) in [5.74, 6) is -0.723. The molecule has 1 N–H and O–H groups in total. The van der Waals surface area contributed by atoms with Crippen LogP contribution >= 0.6 is 0 Å². The number of morpholine rings is 1. The van der Waals surface area contributed by atoms with Crippen LogP contribution in [0.15, 0.2) is 30.3 Å². The topological polar surface area (TPSA) is 49.8 Å². The summed E-state index contributed by atoms with van der Waals surface area (Å²) in [4.78, 5) is 12.8. The summed E-state index contributed by atoms with van der Waals surface area (Å²) < 4.78 is 5.95. The molecule has 0 aromatic heterocycles. The molecule has 1 aliphatic heterocycles. The van der Waals surface area contributed by atoms with Gasteiger partial charge < -0.3 is 9.84 Å². The molecule has 0 amide bonds. The molecule has 4 nitrogen and oxygen atoms in total. The molecule has 2 rings (SSSR count). The van der Waals surface area contributed by atoms with Gasteiger partial charge in [0.25, 0.3) is 0 Å². The van der Waals surface area contributed by atoms with E-state index >= 15 is 0 Å². The molecule has 0 saturated carbocycles. The Labute approximate surface area is 114 Å². The van der Waals surface area contributed by atoms with Gasteiger partial charge in [0, 0.05) is 19.5 Å². The van der Waals surface area contributed by atoms with Gasteiger partial charge in [0.1, 0.15) is 5.60 Å². The van der Waals surface area contributed by atoms with Crippen molar-refractivity contribution < 1.29 is 14.6 Å². The quantitative estimate of drug-likeness (QED) is 0.884. The van der Waals surface area contributed by atoms with Crippen molar-refractivity contribution in [1.29, 1.82) is 0 Å². The van der Waals surface area contributed by atoms with E-state index in [2.05, 4.69) is 24.0 Å². The van der Waals surface area contributed by atoms with Crippen LogP contribution in [0.5, 0.6) is 0 Å². The van der Waals surface area contributed by atoms with E-state index < -0.39 is 5.97 Å². The van der Waals surface area contributed by atoms with E-state index in [1.54, 1.807) is 0 Å². The summed E-state index contributed by atoms with van der Waals surface area (Å²) in [6, 6.07) is 10.2. The molecular weight excluding hydrogens is 242 g/mol. The molecule has 4 heteroatoms. The van der Waals surface area contributed by atoms with Crippen LogP contribution in [0.25, 0.3) is 0 Å². The minimum absolute atomic E-state index is 0.236. The first-order valence-corrected chi connectivity index (χ1v) is 6.74. The Morgan fingerprint density at radius 2 is 2.16 bits per heavy atom. The number of hydrogen-bond acceptors (Lipinski definition) is 3. The third-order valence-electron chi connectivity index (χ3n) is 3.60. The van der Waals surface area contributed by atoms with Gasteiger partial charge in [0.2, 0.25) is 0 Å². The summed E-state index contributed by atoms with van der Waals surface area (Å²) in [6.45, 7) is 5.31. The summed E-state index contributed by atoms with van der Waals surface area (Å²) in [5.41, 5.74) is 0.890. The fourth-order valence-electron chi connectivity index (χ4n) is 2.56. The molecule has 0 aliphatic carbocycles. The zero-order chi connectivity index (χ0) is 13.7. The van der Waals surface area contributed by atoms with Crippen molar-refractivity contribution in [2.45, 2.75) is 25.4 Å². The maximum Gasteiger partial charge on any atom is 0.303 e. The Kier molecular flexibility index (Phi) is 4.56. The van der Waals surface area contributed by atoms with Crippen LogP contribution in [-0.4, -0.2) is 42.2 Å². The van der Waals surface area contributed by atoms with E-state index in [4.69, 9.17) is 9.84 Å². The SMILES string of the molecule is CC1(c2ccccc2)CN(CCCC(=O)O)CCO1. The van der Waals surface area contributed by atoms with E-state index in [9.17, 15) is 4.79 Å². The Hall–Kier alpha value is -1.39. The lowest BCUT2D eigenvalue weighted by atomic mass is 9.94. The highest BCUT2D eigenvalue weighted by molar-refractivity contribution is 5.66. The van der Waals surface area contributed by atoms with Crippen LogP contribution in [0.3, 0.4) is 0 Å². The van der Waals surface area contributed by atoms with E-state index in [-0.39, 0.29) is 12.0 Å². The van der Waals surface area contributed by atoms with E-state index in [1.165, 1.54) is 5.56 Å². The van der Waals surface area contributed by atoms with Crippen LogP contribution in [0.2, 0.25) is 0 Å². The lowest BCUT2D eigenvalue weighted by Crippen LogP contribution is -2.48. The van der Waals surface area contributed by atoms with Crippen molar-refractivity contribution in [3.8, 4) is 0 Å². The van der Waals surface area contributed by atoms with Crippen LogP contribution in [0, 0.1) is 0 Å². The maximum absolute atomic E-state index is 10.5. The predicted octanol–water partition coefficient (Wildman–Crippen LogP) is 2.10. The first-order valence-electron chi connectivity index (χ1n) is 6.74. The Morgan fingerprint density at radius 3 is 2.84 bits per heavy atom. The molecule has 1 aliphatic rings. The number of carbonyl (C=O) groups is 1. The molecule has 19 heavy (non-hydrogen) atoms. The first-order chi connectivity index (χ1) is 9.10. The van der Waals surface area contributed by atoms with Crippen molar-refractivity contribution in [1.82, 2.24) is 4.90 Å². The summed E-state index contributed by atoms with van der Waals surface area (Å²) >= 11 is 0. The van der Waals surface area contributed by atoms with Crippen LogP contribution in [0.4, 0.5) is 0 Å². The molecule has 1 atom stereocenters. The molecule has 1 aromatic carbocycles. The third-order valence-corrected chi connectivity index (χ3v) is 3.60. The van der Waals surface area contributed by atoms with E-state index in [0.717, 1.165) is 19.6 Å². The molecule has 0 bridgehead atoms. The fourth-order valence-corrected chi connectivity index (χ4v) is 2.56. The van der Waals surface area contributed by atoms with Gasteiger partial charge in [-0.15, -0.1) is 0 Å². The summed E-state index contributed by atoms with van der Waals surface area (Å²) in [5, 5.41) is 8.68. The van der Waals surface area contributed by atoms with E-state index in [1.807, 2.05) is 18.2 Å². The van der Waals surface area contributed by atoms with Gasteiger partial charge in [-0.25, -0.2) is 0 Å². The smallest absolute Gasteiger partial charge is 0.303 e. The van der Waals surface area contributed by atoms with Crippen LogP contribution < -0.4 is 0 Å². The van der Waals surface area contributed by atoms with Crippen molar-refractivity contribution in [3.05, 3.63) is 35.9 Å². The standard InChI is InChI=1S/C15H21NO3/c1-15(13-6-3-2-4-7-13)12-16(10-11-19-15)9-5-8-14(17)18/h2-4,6-7H,5,8-12H2,1H3,(H,17,18). The van der Waals surface area contributed by atoms with Gasteiger partial charge in [-0.05, 0) is 25.5 Å². The minimum atomic E-state index is -0.723. The van der Waals surface area contributed by atoms with Gasteiger partial charge >= 0.3 is 5.97 Å². The fraction of sp³-hybridized carbons (Fsp3) is 0.533. The first kappa shape index (κ1) is 14.0. The van der Waals surface area contributed by atoms with Gasteiger partial charge in [-0.1, -0.05) is 30.3 Å². The second-order valence-electron chi connectivity index (χ2n) is 5.22. The van der Waals surface area contributed by atoms with Crippen LogP contribution in [-0.2, 0) is 15.1 Å². The van der Waals surface area contributed by atoms with Crippen molar-refractivity contribution >= 4 is 5.97 Å². The average molecular weight is 263 g/mol. The molecule has 1 saturated heterocycles. The number of benzene rings is 1. The molecular formula is C15H21NO3. The molecule has 0 radical (unpaired) electrons. The predicted molar refractivity (Wildman–Crippen MR) is 73.1 cm³/mol. The number of nitrogens with zero attached hydrogens (tertiary/aromatic N) is 1. The molecule has 104 valence electrons. The molecule has 1 fully saturated rings. The van der Waals surface area contributed by atoms with Gasteiger partial charge in [-0.3, -0.25) is 9.69 Å². The molecule has 1 aromatic rings. The lowest BCUT2D eigenvalue weighted by Gasteiger charge is -2.41. The van der Waals surface area contributed by atoms with Crippen molar-refractivity contribution in [2.24, 2.45) is 0 Å². The minimum Gasteiger partial charge on any atom is -0.481 e. The Morgan fingerprint density at radius 1 is 1.42 bits per heavy atom. The highest BCUT2D eigenvalue weighted by Gasteiger charge is 2.33. The zero-order valence-corrected chi connectivity index (χ0v) is 11.3.